The maximum Gasteiger partial charge on any atom is 0.278 e. The van der Waals surface area contributed by atoms with Crippen LogP contribution >= 0.6 is 10.7 Å². The molecule has 0 spiro atoms. The molecule has 0 aliphatic heterocycles. The van der Waals surface area contributed by atoms with Gasteiger partial charge in [-0.15, -0.1) is 0 Å². The third-order valence-electron chi connectivity index (χ3n) is 2.05. The zero-order valence-corrected chi connectivity index (χ0v) is 8.40. The van der Waals surface area contributed by atoms with E-state index in [1.807, 2.05) is 0 Å². The summed E-state index contributed by atoms with van der Waals surface area (Å²) in [5.41, 5.74) is 0. The third-order valence-corrected chi connectivity index (χ3v) is 3.28. The standard InChI is InChI=1S/C7H9ClN2O2S/c8-13(11,12)7-4-9-6(10-7)3-5-1-2-5/h4-5H,1-3H2,(H,9,10). The van der Waals surface area contributed by atoms with Gasteiger partial charge in [-0.25, -0.2) is 13.4 Å². The first-order chi connectivity index (χ1) is 6.05. The Labute approximate surface area is 80.7 Å². The second kappa shape index (κ2) is 2.99. The Morgan fingerprint density at radius 3 is 2.77 bits per heavy atom. The minimum atomic E-state index is -3.64. The van der Waals surface area contributed by atoms with Crippen molar-refractivity contribution in [2.24, 2.45) is 5.92 Å². The first kappa shape index (κ1) is 9.02. The summed E-state index contributed by atoms with van der Waals surface area (Å²) in [7, 11) is 1.48. The number of nitrogens with zero attached hydrogens (tertiary/aromatic N) is 1. The zero-order valence-electron chi connectivity index (χ0n) is 6.83. The lowest BCUT2D eigenvalue weighted by molar-refractivity contribution is 0.606. The Morgan fingerprint density at radius 2 is 2.31 bits per heavy atom. The van der Waals surface area contributed by atoms with E-state index in [4.69, 9.17) is 10.7 Å². The molecule has 13 heavy (non-hydrogen) atoms. The van der Waals surface area contributed by atoms with Crippen LogP contribution in [0.1, 0.15) is 18.7 Å². The van der Waals surface area contributed by atoms with Gasteiger partial charge in [0, 0.05) is 17.1 Å². The number of H-pyrrole nitrogens is 1. The molecule has 1 heterocycles. The second-order valence-electron chi connectivity index (χ2n) is 3.28. The molecule has 0 saturated heterocycles. The molecule has 0 aromatic carbocycles. The predicted octanol–water partition coefficient (Wildman–Crippen LogP) is 1.29. The van der Waals surface area contributed by atoms with Crippen molar-refractivity contribution in [1.29, 1.82) is 0 Å². The fourth-order valence-electron chi connectivity index (χ4n) is 1.17. The summed E-state index contributed by atoms with van der Waals surface area (Å²) in [6.07, 6.45) is 4.51. The third kappa shape index (κ3) is 2.22. The van der Waals surface area contributed by atoms with Crippen molar-refractivity contribution in [2.75, 3.05) is 0 Å². The predicted molar refractivity (Wildman–Crippen MR) is 48.1 cm³/mol. The summed E-state index contributed by atoms with van der Waals surface area (Å²) in [6, 6.07) is 0. The summed E-state index contributed by atoms with van der Waals surface area (Å²) in [4.78, 5) is 6.64. The number of halogens is 1. The number of hydrogen-bond donors (Lipinski definition) is 1. The molecule has 4 nitrogen and oxygen atoms in total. The smallest absolute Gasteiger partial charge is 0.278 e. The molecule has 1 N–H and O–H groups in total. The molecule has 1 aliphatic rings. The molecular weight excluding hydrogens is 212 g/mol. The molecule has 0 atom stereocenters. The highest BCUT2D eigenvalue weighted by atomic mass is 35.7. The Kier molecular flexibility index (Phi) is 2.08. The minimum absolute atomic E-state index is 0.00943. The molecule has 1 aromatic rings. The molecule has 0 unspecified atom stereocenters. The van der Waals surface area contributed by atoms with E-state index < -0.39 is 9.05 Å². The van der Waals surface area contributed by atoms with Gasteiger partial charge in [-0.1, -0.05) is 0 Å². The van der Waals surface area contributed by atoms with Gasteiger partial charge < -0.3 is 4.98 Å². The van der Waals surface area contributed by atoms with Crippen LogP contribution in [0.15, 0.2) is 11.2 Å². The summed E-state index contributed by atoms with van der Waals surface area (Å²) < 4.78 is 21.7. The monoisotopic (exact) mass is 220 g/mol. The van der Waals surface area contributed by atoms with E-state index in [0.29, 0.717) is 11.7 Å². The summed E-state index contributed by atoms with van der Waals surface area (Å²) in [6.45, 7) is 0. The van der Waals surface area contributed by atoms with Crippen LogP contribution in [0.25, 0.3) is 0 Å². The molecule has 1 fully saturated rings. The Bertz CT molecular complexity index is 408. The minimum Gasteiger partial charge on any atom is -0.332 e. The lowest BCUT2D eigenvalue weighted by atomic mass is 10.3. The highest BCUT2D eigenvalue weighted by molar-refractivity contribution is 8.13. The maximum atomic E-state index is 10.8. The van der Waals surface area contributed by atoms with Gasteiger partial charge >= 0.3 is 0 Å². The van der Waals surface area contributed by atoms with Crippen LogP contribution in [0.2, 0.25) is 0 Å². The van der Waals surface area contributed by atoms with E-state index in [-0.39, 0.29) is 5.03 Å². The van der Waals surface area contributed by atoms with E-state index in [2.05, 4.69) is 9.97 Å². The number of hydrogen-bond acceptors (Lipinski definition) is 3. The molecule has 1 aliphatic carbocycles. The van der Waals surface area contributed by atoms with Crippen LogP contribution in [0.5, 0.6) is 0 Å². The van der Waals surface area contributed by atoms with Crippen molar-refractivity contribution in [2.45, 2.75) is 24.3 Å². The molecule has 0 radical (unpaired) electrons. The average molecular weight is 221 g/mol. The van der Waals surface area contributed by atoms with Crippen molar-refractivity contribution in [3.05, 3.63) is 12.0 Å². The second-order valence-corrected chi connectivity index (χ2v) is 5.81. The summed E-state index contributed by atoms with van der Waals surface area (Å²) >= 11 is 0. The molecular formula is C7H9ClN2O2S. The lowest BCUT2D eigenvalue weighted by Gasteiger charge is -1.91. The highest BCUT2D eigenvalue weighted by Crippen LogP contribution is 2.31. The molecule has 6 heteroatoms. The number of imidazole rings is 1. The van der Waals surface area contributed by atoms with Gasteiger partial charge in [0.1, 0.15) is 5.82 Å². The number of rotatable bonds is 3. The van der Waals surface area contributed by atoms with Crippen LogP contribution in [0.3, 0.4) is 0 Å². The van der Waals surface area contributed by atoms with Crippen molar-refractivity contribution in [3.8, 4) is 0 Å². The SMILES string of the molecule is O=S(=O)(Cl)c1cnc(CC2CC2)[nH]1. The van der Waals surface area contributed by atoms with Crippen molar-refractivity contribution >= 4 is 19.7 Å². The molecule has 0 amide bonds. The van der Waals surface area contributed by atoms with E-state index in [1.54, 1.807) is 0 Å². The quantitative estimate of drug-likeness (QED) is 0.781. The van der Waals surface area contributed by atoms with E-state index in [0.717, 1.165) is 6.42 Å². The van der Waals surface area contributed by atoms with Crippen LogP contribution in [0.4, 0.5) is 0 Å². The first-order valence-electron chi connectivity index (χ1n) is 4.04. The highest BCUT2D eigenvalue weighted by Gasteiger charge is 2.23. The number of aromatic amines is 1. The van der Waals surface area contributed by atoms with Crippen LogP contribution in [-0.4, -0.2) is 18.4 Å². The van der Waals surface area contributed by atoms with Crippen molar-refractivity contribution < 1.29 is 8.42 Å². The number of aromatic nitrogens is 2. The van der Waals surface area contributed by atoms with E-state index >= 15 is 0 Å². The van der Waals surface area contributed by atoms with Crippen LogP contribution in [0, 0.1) is 5.92 Å². The van der Waals surface area contributed by atoms with E-state index in [9.17, 15) is 8.42 Å². The molecule has 1 saturated carbocycles. The largest absolute Gasteiger partial charge is 0.332 e. The van der Waals surface area contributed by atoms with Crippen LogP contribution in [-0.2, 0) is 15.5 Å². The first-order valence-corrected chi connectivity index (χ1v) is 6.35. The van der Waals surface area contributed by atoms with Gasteiger partial charge in [-0.3, -0.25) is 0 Å². The Balaban J connectivity index is 2.17. The summed E-state index contributed by atoms with van der Waals surface area (Å²) in [5.74, 6) is 1.39. The fraction of sp³-hybridized carbons (Fsp3) is 0.571. The van der Waals surface area contributed by atoms with Crippen LogP contribution < -0.4 is 0 Å². The van der Waals surface area contributed by atoms with Gasteiger partial charge in [0.05, 0.1) is 6.20 Å². The Morgan fingerprint density at radius 1 is 1.62 bits per heavy atom. The lowest BCUT2D eigenvalue weighted by Crippen LogP contribution is -1.93. The Hall–Kier alpha value is -0.550. The average Bonchev–Trinajstić information content (AvgIpc) is 2.63. The molecule has 1 aromatic heterocycles. The van der Waals surface area contributed by atoms with E-state index in [1.165, 1.54) is 19.0 Å². The molecule has 0 bridgehead atoms. The van der Waals surface area contributed by atoms with Crippen molar-refractivity contribution in [3.63, 3.8) is 0 Å². The van der Waals surface area contributed by atoms with Gasteiger partial charge in [0.15, 0.2) is 5.03 Å². The normalized spacial score (nSPS) is 17.6. The van der Waals surface area contributed by atoms with Gasteiger partial charge in [0.2, 0.25) is 0 Å². The van der Waals surface area contributed by atoms with Gasteiger partial charge in [-0.05, 0) is 18.8 Å². The van der Waals surface area contributed by atoms with Crippen molar-refractivity contribution in [1.82, 2.24) is 9.97 Å². The van der Waals surface area contributed by atoms with Gasteiger partial charge in [0.25, 0.3) is 9.05 Å². The van der Waals surface area contributed by atoms with Gasteiger partial charge in [-0.2, -0.15) is 0 Å². The topological polar surface area (TPSA) is 62.8 Å². The fourth-order valence-corrected chi connectivity index (χ4v) is 1.82. The molecule has 72 valence electrons. The zero-order chi connectivity index (χ0) is 9.47. The number of nitrogens with one attached hydrogen (secondary N) is 1. The maximum absolute atomic E-state index is 10.8. The molecule has 2 rings (SSSR count). The summed E-state index contributed by atoms with van der Waals surface area (Å²) in [5, 5.41) is -0.00943.